The molecule has 1 aromatic rings. The van der Waals surface area contributed by atoms with Gasteiger partial charge >= 0.3 is 0 Å². The fourth-order valence-electron chi connectivity index (χ4n) is 3.30. The number of amides is 1. The first-order chi connectivity index (χ1) is 14.0. The number of nitrogens with zero attached hydrogens (tertiary/aromatic N) is 1. The molecule has 5 nitrogen and oxygen atoms in total. The number of nitro groups is 1. The second-order valence-electron chi connectivity index (χ2n) is 7.79. The van der Waals surface area contributed by atoms with Gasteiger partial charge in [0.2, 0.25) is 0 Å². The molecule has 0 fully saturated rings. The summed E-state index contributed by atoms with van der Waals surface area (Å²) in [5.74, 6) is 2.29. The largest absolute Gasteiger partial charge is 0.352 e. The van der Waals surface area contributed by atoms with Crippen LogP contribution in [0, 0.1) is 10.1 Å². The van der Waals surface area contributed by atoms with E-state index in [4.69, 9.17) is 0 Å². The lowest BCUT2D eigenvalue weighted by atomic mass is 10.1. The lowest BCUT2D eigenvalue weighted by Gasteiger charge is -2.06. The molecule has 0 saturated heterocycles. The van der Waals surface area contributed by atoms with Gasteiger partial charge in [-0.1, -0.05) is 58.3 Å². The van der Waals surface area contributed by atoms with Crippen molar-refractivity contribution in [2.24, 2.45) is 0 Å². The second kappa shape index (κ2) is 16.3. The Morgan fingerprint density at radius 3 is 1.97 bits per heavy atom. The molecule has 29 heavy (non-hydrogen) atoms. The molecule has 0 bridgehead atoms. The maximum atomic E-state index is 12.1. The number of benzene rings is 1. The van der Waals surface area contributed by atoms with E-state index in [1.165, 1.54) is 94.2 Å². The van der Waals surface area contributed by atoms with Crippen LogP contribution in [0.15, 0.2) is 24.3 Å². The van der Waals surface area contributed by atoms with Crippen molar-refractivity contribution >= 4 is 22.5 Å². The highest BCUT2D eigenvalue weighted by Crippen LogP contribution is 2.12. The normalized spacial score (nSPS) is 11.9. The molecule has 1 rings (SSSR count). The molecule has 1 aromatic carbocycles. The van der Waals surface area contributed by atoms with E-state index in [1.54, 1.807) is 0 Å². The van der Waals surface area contributed by atoms with E-state index in [1.807, 2.05) is 0 Å². The smallest absolute Gasteiger partial charge is 0.269 e. The van der Waals surface area contributed by atoms with Crippen LogP contribution in [0.4, 0.5) is 5.69 Å². The third kappa shape index (κ3) is 12.6. The monoisotopic (exact) mass is 423 g/mol. The number of carbonyl (C=O) groups is 1. The van der Waals surface area contributed by atoms with E-state index in [-0.39, 0.29) is 11.6 Å². The number of unbranched alkanes of at least 4 members (excludes halogenated alkanes) is 9. The topological polar surface area (TPSA) is 72.2 Å². The molecule has 0 aliphatic heterocycles. The summed E-state index contributed by atoms with van der Waals surface area (Å²) in [4.78, 5) is 22.3. The SMILES string of the molecule is CCCCCCCCCCCC[S+](C)CCCNC(=O)c1ccc([N+](=O)[O-])cc1. The number of non-ortho nitro benzene ring substituents is 1. The molecule has 0 aromatic heterocycles. The number of rotatable bonds is 17. The van der Waals surface area contributed by atoms with Gasteiger partial charge in [0.05, 0.1) is 11.2 Å². The van der Waals surface area contributed by atoms with Crippen molar-refractivity contribution in [3.8, 4) is 0 Å². The maximum absolute atomic E-state index is 12.1. The van der Waals surface area contributed by atoms with Gasteiger partial charge in [0, 0.05) is 30.7 Å². The van der Waals surface area contributed by atoms with E-state index in [2.05, 4.69) is 18.5 Å². The number of carbonyl (C=O) groups excluding carboxylic acids is 1. The molecule has 1 unspecified atom stereocenters. The molecule has 1 atom stereocenters. The Kier molecular flexibility index (Phi) is 14.3. The predicted molar refractivity (Wildman–Crippen MR) is 125 cm³/mol. The van der Waals surface area contributed by atoms with Gasteiger partial charge in [-0.2, -0.15) is 0 Å². The van der Waals surface area contributed by atoms with E-state index in [0.717, 1.165) is 12.2 Å². The van der Waals surface area contributed by atoms with Crippen LogP contribution in [0.2, 0.25) is 0 Å². The first-order valence-electron chi connectivity index (χ1n) is 11.2. The molecule has 0 radical (unpaired) electrons. The van der Waals surface area contributed by atoms with Gasteiger partial charge in [0.1, 0.15) is 11.5 Å². The summed E-state index contributed by atoms with van der Waals surface area (Å²) >= 11 is 0. The Morgan fingerprint density at radius 2 is 1.41 bits per heavy atom. The predicted octanol–water partition coefficient (Wildman–Crippen LogP) is 5.88. The zero-order chi connectivity index (χ0) is 21.3. The van der Waals surface area contributed by atoms with E-state index >= 15 is 0 Å². The van der Waals surface area contributed by atoms with E-state index in [9.17, 15) is 14.9 Å². The van der Waals surface area contributed by atoms with Crippen LogP contribution in [0.1, 0.15) is 87.9 Å². The van der Waals surface area contributed by atoms with E-state index < -0.39 is 4.92 Å². The Labute approximate surface area is 179 Å². The summed E-state index contributed by atoms with van der Waals surface area (Å²) in [5.41, 5.74) is 0.472. The minimum Gasteiger partial charge on any atom is -0.352 e. The van der Waals surface area contributed by atoms with Crippen molar-refractivity contribution in [3.63, 3.8) is 0 Å². The first-order valence-corrected chi connectivity index (χ1v) is 13.1. The van der Waals surface area contributed by atoms with Gasteiger partial charge in [0.25, 0.3) is 11.6 Å². The van der Waals surface area contributed by atoms with Crippen molar-refractivity contribution in [2.45, 2.75) is 77.6 Å². The zero-order valence-electron chi connectivity index (χ0n) is 18.3. The highest BCUT2D eigenvalue weighted by atomic mass is 32.2. The average Bonchev–Trinajstić information content (AvgIpc) is 2.72. The van der Waals surface area contributed by atoms with Crippen LogP contribution >= 0.6 is 0 Å². The molecule has 0 aliphatic carbocycles. The lowest BCUT2D eigenvalue weighted by Crippen LogP contribution is -2.26. The van der Waals surface area contributed by atoms with Crippen molar-refractivity contribution in [3.05, 3.63) is 39.9 Å². The molecule has 1 N–H and O–H groups in total. The Hall–Kier alpha value is -1.56. The molecular formula is C23H39N2O3S+. The van der Waals surface area contributed by atoms with Crippen molar-refractivity contribution < 1.29 is 9.72 Å². The minimum absolute atomic E-state index is 0.00329. The molecule has 0 saturated carbocycles. The van der Waals surface area contributed by atoms with Gasteiger partial charge in [-0.3, -0.25) is 14.9 Å². The fraction of sp³-hybridized carbons (Fsp3) is 0.696. The summed E-state index contributed by atoms with van der Waals surface area (Å²) in [7, 11) is 0.423. The molecule has 0 spiro atoms. The zero-order valence-corrected chi connectivity index (χ0v) is 19.1. The van der Waals surface area contributed by atoms with Crippen molar-refractivity contribution in [1.82, 2.24) is 5.32 Å². The third-order valence-electron chi connectivity index (χ3n) is 5.14. The highest BCUT2D eigenvalue weighted by Gasteiger charge is 2.12. The van der Waals surface area contributed by atoms with E-state index in [0.29, 0.717) is 23.0 Å². The quantitative estimate of drug-likeness (QED) is 0.147. The van der Waals surface area contributed by atoms with Gasteiger partial charge in [-0.25, -0.2) is 0 Å². The summed E-state index contributed by atoms with van der Waals surface area (Å²) in [5, 5.41) is 13.6. The van der Waals surface area contributed by atoms with Crippen molar-refractivity contribution in [1.29, 1.82) is 0 Å². The molecule has 0 heterocycles. The number of nitrogens with one attached hydrogen (secondary N) is 1. The average molecular weight is 424 g/mol. The van der Waals surface area contributed by atoms with Crippen molar-refractivity contribution in [2.75, 3.05) is 24.3 Å². The van der Waals surface area contributed by atoms with Gasteiger partial charge < -0.3 is 5.32 Å². The second-order valence-corrected chi connectivity index (χ2v) is 10.2. The highest BCUT2D eigenvalue weighted by molar-refractivity contribution is 7.96. The maximum Gasteiger partial charge on any atom is 0.269 e. The molecule has 164 valence electrons. The van der Waals surface area contributed by atoms with Crippen LogP contribution in [0.5, 0.6) is 0 Å². The van der Waals surface area contributed by atoms with Crippen LogP contribution in [0.3, 0.4) is 0 Å². The molecule has 1 amide bonds. The van der Waals surface area contributed by atoms with Gasteiger partial charge in [0.15, 0.2) is 0 Å². The Morgan fingerprint density at radius 1 is 0.897 bits per heavy atom. The van der Waals surface area contributed by atoms with Gasteiger partial charge in [-0.15, -0.1) is 0 Å². The summed E-state index contributed by atoms with van der Waals surface area (Å²) in [6.07, 6.45) is 17.1. The molecular weight excluding hydrogens is 384 g/mol. The standard InChI is InChI=1S/C23H38N2O3S/c1-3-4-5-6-7-8-9-10-11-12-19-29(2)20-13-18-24-23(26)21-14-16-22(17-15-21)25(27)28/h14-17H,3-13,18-20H2,1-2H3/p+1. The number of hydrogen-bond donors (Lipinski definition) is 1. The molecule has 6 heteroatoms. The first kappa shape index (κ1) is 25.5. The fourth-order valence-corrected chi connectivity index (χ4v) is 4.83. The van der Waals surface area contributed by atoms with Crippen LogP contribution in [0.25, 0.3) is 0 Å². The summed E-state index contributed by atoms with van der Waals surface area (Å²) < 4.78 is 0. The molecule has 0 aliphatic rings. The van der Waals surface area contributed by atoms with Gasteiger partial charge in [-0.05, 0) is 35.9 Å². The Balaban J connectivity index is 1.99. The third-order valence-corrected chi connectivity index (χ3v) is 7.11. The Bertz CT molecular complexity index is 578. The number of hydrogen-bond acceptors (Lipinski definition) is 3. The minimum atomic E-state index is -0.460. The number of nitro benzene ring substituents is 1. The van der Waals surface area contributed by atoms with Crippen LogP contribution in [-0.4, -0.2) is 35.1 Å². The van der Waals surface area contributed by atoms with Crippen LogP contribution in [-0.2, 0) is 10.9 Å². The lowest BCUT2D eigenvalue weighted by molar-refractivity contribution is -0.384. The van der Waals surface area contributed by atoms with Crippen LogP contribution < -0.4 is 5.32 Å². The summed E-state index contributed by atoms with van der Waals surface area (Å²) in [6.45, 7) is 2.92. The summed E-state index contributed by atoms with van der Waals surface area (Å²) in [6, 6.07) is 5.74.